The molecule has 0 bridgehead atoms. The summed E-state index contributed by atoms with van der Waals surface area (Å²) >= 11 is 1.34. The predicted molar refractivity (Wildman–Crippen MR) is 95.8 cm³/mol. The van der Waals surface area contributed by atoms with E-state index in [1.165, 1.54) is 11.8 Å². The summed E-state index contributed by atoms with van der Waals surface area (Å²) < 4.78 is 7.21. The molecular formula is C16H27N5O3S. The fourth-order valence-corrected chi connectivity index (χ4v) is 4.25. The lowest BCUT2D eigenvalue weighted by Gasteiger charge is -2.35. The normalized spacial score (nSPS) is 23.1. The number of piperazine rings is 1. The molecule has 2 saturated heterocycles. The molecule has 2 fully saturated rings. The van der Waals surface area contributed by atoms with E-state index in [1.807, 2.05) is 11.8 Å². The predicted octanol–water partition coefficient (Wildman–Crippen LogP) is 0.395. The number of carbonyl (C=O) groups excluding carboxylic acids is 1. The van der Waals surface area contributed by atoms with Crippen LogP contribution in [-0.2, 0) is 16.1 Å². The first-order valence-corrected chi connectivity index (χ1v) is 9.91. The van der Waals surface area contributed by atoms with Gasteiger partial charge in [-0.05, 0) is 26.3 Å². The molecule has 2 atom stereocenters. The number of nitrogens with one attached hydrogen (secondary N) is 1. The molecule has 1 amide bonds. The molecular weight excluding hydrogens is 342 g/mol. The van der Waals surface area contributed by atoms with E-state index in [0.717, 1.165) is 52.2 Å². The molecule has 1 N–H and O–H groups in total. The Morgan fingerprint density at radius 3 is 2.80 bits per heavy atom. The number of ether oxygens (including phenoxy) is 1. The molecule has 140 valence electrons. The quantitative estimate of drug-likeness (QED) is 0.731. The molecule has 3 rings (SSSR count). The molecule has 25 heavy (non-hydrogen) atoms. The summed E-state index contributed by atoms with van der Waals surface area (Å²) in [6.45, 7) is 9.66. The fourth-order valence-electron chi connectivity index (χ4n) is 3.30. The molecule has 2 aliphatic rings. The van der Waals surface area contributed by atoms with Crippen LogP contribution in [0.3, 0.4) is 0 Å². The van der Waals surface area contributed by atoms with Crippen molar-refractivity contribution in [2.24, 2.45) is 0 Å². The number of aromatic nitrogens is 3. The van der Waals surface area contributed by atoms with Gasteiger partial charge in [-0.3, -0.25) is 9.36 Å². The van der Waals surface area contributed by atoms with Gasteiger partial charge in [0.15, 0.2) is 5.16 Å². The first kappa shape index (κ1) is 18.5. The maximum Gasteiger partial charge on any atom is 0.344 e. The van der Waals surface area contributed by atoms with Crippen LogP contribution >= 0.6 is 11.8 Å². The first-order valence-electron chi connectivity index (χ1n) is 9.03. The van der Waals surface area contributed by atoms with Crippen LogP contribution in [0.2, 0.25) is 0 Å². The number of likely N-dealkylation sites (N-methyl/N-ethyl adjacent to an activating group) is 1. The van der Waals surface area contributed by atoms with Crippen molar-refractivity contribution in [2.75, 3.05) is 39.3 Å². The van der Waals surface area contributed by atoms with Crippen LogP contribution in [0.4, 0.5) is 0 Å². The van der Waals surface area contributed by atoms with E-state index in [1.54, 1.807) is 4.57 Å². The number of hydrogen-bond donors (Lipinski definition) is 1. The monoisotopic (exact) mass is 369 g/mol. The van der Waals surface area contributed by atoms with Crippen molar-refractivity contribution >= 4 is 17.7 Å². The highest BCUT2D eigenvalue weighted by atomic mass is 32.2. The molecule has 1 aromatic rings. The van der Waals surface area contributed by atoms with Gasteiger partial charge in [0.25, 0.3) is 0 Å². The average molecular weight is 369 g/mol. The van der Waals surface area contributed by atoms with Gasteiger partial charge in [-0.2, -0.15) is 0 Å². The lowest BCUT2D eigenvalue weighted by Crippen LogP contribution is -2.50. The van der Waals surface area contributed by atoms with Crippen molar-refractivity contribution in [2.45, 2.75) is 49.7 Å². The third-order valence-corrected chi connectivity index (χ3v) is 5.97. The summed E-state index contributed by atoms with van der Waals surface area (Å²) in [6.07, 6.45) is 2.04. The molecule has 0 spiro atoms. The van der Waals surface area contributed by atoms with E-state index in [-0.39, 0.29) is 23.0 Å². The number of nitrogens with zero attached hydrogens (tertiary/aromatic N) is 4. The van der Waals surface area contributed by atoms with E-state index < -0.39 is 0 Å². The number of hydrogen-bond acceptors (Lipinski definition) is 6. The highest BCUT2D eigenvalue weighted by Gasteiger charge is 2.27. The van der Waals surface area contributed by atoms with Crippen molar-refractivity contribution in [3.8, 4) is 0 Å². The Bertz CT molecular complexity index is 632. The maximum atomic E-state index is 12.7. The van der Waals surface area contributed by atoms with E-state index in [0.29, 0.717) is 11.7 Å². The minimum Gasteiger partial charge on any atom is -0.376 e. The van der Waals surface area contributed by atoms with E-state index >= 15 is 0 Å². The Morgan fingerprint density at radius 1 is 1.40 bits per heavy atom. The number of amides is 1. The van der Waals surface area contributed by atoms with Crippen molar-refractivity contribution in [3.63, 3.8) is 0 Å². The van der Waals surface area contributed by atoms with Crippen LogP contribution in [0.1, 0.15) is 26.7 Å². The van der Waals surface area contributed by atoms with Gasteiger partial charge in [-0.1, -0.05) is 18.7 Å². The molecule has 3 heterocycles. The van der Waals surface area contributed by atoms with Crippen molar-refractivity contribution in [1.82, 2.24) is 24.6 Å². The minimum absolute atomic E-state index is 0.0581. The Labute approximate surface area is 151 Å². The second-order valence-electron chi connectivity index (χ2n) is 6.58. The van der Waals surface area contributed by atoms with Crippen LogP contribution < -0.4 is 5.69 Å². The Hall–Kier alpha value is -1.32. The van der Waals surface area contributed by atoms with Gasteiger partial charge in [0.1, 0.15) is 0 Å². The molecule has 2 unspecified atom stereocenters. The SMILES string of the molecule is CCN1CCN(C(=O)C(C)Sc2n[nH]c(=O)n2CC2CCCO2)CC1. The maximum absolute atomic E-state index is 12.7. The van der Waals surface area contributed by atoms with E-state index in [4.69, 9.17) is 4.74 Å². The Kier molecular flexibility index (Phi) is 6.19. The first-order chi connectivity index (χ1) is 12.1. The standard InChI is InChI=1S/C16H27N5O3S/c1-3-19-6-8-20(9-7-19)14(22)12(2)25-16-18-17-15(23)21(16)11-13-5-4-10-24-13/h12-13H,3-11H2,1-2H3,(H,17,23). The number of H-pyrrole nitrogens is 1. The largest absolute Gasteiger partial charge is 0.376 e. The van der Waals surface area contributed by atoms with Gasteiger partial charge in [0.2, 0.25) is 5.91 Å². The Morgan fingerprint density at radius 2 is 2.16 bits per heavy atom. The van der Waals surface area contributed by atoms with Gasteiger partial charge in [0.05, 0.1) is 17.9 Å². The number of rotatable bonds is 6. The third-order valence-electron chi connectivity index (χ3n) is 4.89. The van der Waals surface area contributed by atoms with Crippen LogP contribution in [-0.4, -0.2) is 81.2 Å². The summed E-state index contributed by atoms with van der Waals surface area (Å²) in [5.41, 5.74) is -0.241. The smallest absolute Gasteiger partial charge is 0.344 e. The number of aromatic amines is 1. The molecule has 9 heteroatoms. The lowest BCUT2D eigenvalue weighted by atomic mass is 10.2. The van der Waals surface area contributed by atoms with E-state index in [2.05, 4.69) is 22.0 Å². The van der Waals surface area contributed by atoms with Gasteiger partial charge in [-0.15, -0.1) is 5.10 Å². The summed E-state index contributed by atoms with van der Waals surface area (Å²) in [5.74, 6) is 0.111. The molecule has 2 aliphatic heterocycles. The van der Waals surface area contributed by atoms with Crippen LogP contribution in [0.25, 0.3) is 0 Å². The summed E-state index contributed by atoms with van der Waals surface area (Å²) in [4.78, 5) is 29.0. The Balaban J connectivity index is 1.60. The molecule has 0 radical (unpaired) electrons. The van der Waals surface area contributed by atoms with Crippen LogP contribution in [0.15, 0.2) is 9.95 Å². The summed E-state index contributed by atoms with van der Waals surface area (Å²) in [5, 5.41) is 6.89. The number of carbonyl (C=O) groups is 1. The van der Waals surface area contributed by atoms with Gasteiger partial charge < -0.3 is 14.5 Å². The third kappa shape index (κ3) is 4.45. The zero-order chi connectivity index (χ0) is 17.8. The molecule has 0 saturated carbocycles. The van der Waals surface area contributed by atoms with Crippen LogP contribution in [0.5, 0.6) is 0 Å². The minimum atomic E-state index is -0.272. The second-order valence-corrected chi connectivity index (χ2v) is 7.88. The van der Waals surface area contributed by atoms with Gasteiger partial charge in [-0.25, -0.2) is 9.89 Å². The molecule has 8 nitrogen and oxygen atoms in total. The average Bonchev–Trinajstić information content (AvgIpc) is 3.26. The zero-order valence-corrected chi connectivity index (χ0v) is 15.8. The summed E-state index contributed by atoms with van der Waals surface area (Å²) in [7, 11) is 0. The number of thioether (sulfide) groups is 1. The van der Waals surface area contributed by atoms with Gasteiger partial charge >= 0.3 is 5.69 Å². The lowest BCUT2D eigenvalue weighted by molar-refractivity contribution is -0.132. The molecule has 0 aromatic carbocycles. The van der Waals surface area contributed by atoms with Crippen molar-refractivity contribution < 1.29 is 9.53 Å². The highest BCUT2D eigenvalue weighted by Crippen LogP contribution is 2.23. The molecule has 0 aliphatic carbocycles. The van der Waals surface area contributed by atoms with Crippen molar-refractivity contribution in [3.05, 3.63) is 10.5 Å². The topological polar surface area (TPSA) is 83.5 Å². The van der Waals surface area contributed by atoms with Crippen LogP contribution in [0, 0.1) is 0 Å². The van der Waals surface area contributed by atoms with E-state index in [9.17, 15) is 9.59 Å². The highest BCUT2D eigenvalue weighted by molar-refractivity contribution is 8.00. The zero-order valence-electron chi connectivity index (χ0n) is 14.9. The van der Waals surface area contributed by atoms with Gasteiger partial charge in [0, 0.05) is 32.8 Å². The van der Waals surface area contributed by atoms with Crippen molar-refractivity contribution in [1.29, 1.82) is 0 Å². The molecule has 1 aromatic heterocycles. The second kappa shape index (κ2) is 8.37. The fraction of sp³-hybridized carbons (Fsp3) is 0.812. The summed E-state index contributed by atoms with van der Waals surface area (Å²) in [6, 6.07) is 0.